The Morgan fingerprint density at radius 3 is 2.27 bits per heavy atom. The Morgan fingerprint density at radius 1 is 0.864 bits per heavy atom. The highest BCUT2D eigenvalue weighted by molar-refractivity contribution is 5.86. The van der Waals surface area contributed by atoms with Crippen LogP contribution in [0, 0.1) is 0 Å². The van der Waals surface area contributed by atoms with Gasteiger partial charge in [0.1, 0.15) is 0 Å². The van der Waals surface area contributed by atoms with Gasteiger partial charge in [-0.1, -0.05) is 72.8 Å². The van der Waals surface area contributed by atoms with Crippen LogP contribution in [-0.2, 0) is 0 Å². The normalized spacial score (nSPS) is 13.9. The molecular weight excluding hydrogens is 270 g/mol. The maximum atomic E-state index is 9.97. The molecule has 0 saturated heterocycles. The molecule has 0 aromatic heterocycles. The SMILES string of the molecule is CNC(c1cccc2ccccc12)C(CO)c1ccccc1. The molecule has 0 aliphatic carbocycles. The summed E-state index contributed by atoms with van der Waals surface area (Å²) in [6, 6.07) is 25.0. The second kappa shape index (κ2) is 6.73. The van der Waals surface area contributed by atoms with Crippen LogP contribution in [0.4, 0.5) is 0 Å². The van der Waals surface area contributed by atoms with Crippen LogP contribution in [-0.4, -0.2) is 18.8 Å². The molecule has 2 atom stereocenters. The summed E-state index contributed by atoms with van der Waals surface area (Å²) in [5, 5.41) is 15.8. The molecule has 2 nitrogen and oxygen atoms in total. The van der Waals surface area contributed by atoms with E-state index in [-0.39, 0.29) is 18.6 Å². The van der Waals surface area contributed by atoms with Crippen molar-refractivity contribution in [1.82, 2.24) is 5.32 Å². The van der Waals surface area contributed by atoms with Crippen LogP contribution in [0.15, 0.2) is 72.8 Å². The van der Waals surface area contributed by atoms with E-state index in [0.29, 0.717) is 0 Å². The van der Waals surface area contributed by atoms with Gasteiger partial charge in [-0.3, -0.25) is 0 Å². The van der Waals surface area contributed by atoms with E-state index in [4.69, 9.17) is 0 Å². The average Bonchev–Trinajstić information content (AvgIpc) is 2.60. The van der Waals surface area contributed by atoms with Crippen LogP contribution in [0.5, 0.6) is 0 Å². The number of hydrogen-bond acceptors (Lipinski definition) is 2. The Bertz CT molecular complexity index is 734. The van der Waals surface area contributed by atoms with E-state index in [9.17, 15) is 5.11 Å². The Labute approximate surface area is 131 Å². The first kappa shape index (κ1) is 14.8. The van der Waals surface area contributed by atoms with Gasteiger partial charge in [0.2, 0.25) is 0 Å². The van der Waals surface area contributed by atoms with Crippen molar-refractivity contribution in [2.45, 2.75) is 12.0 Å². The predicted molar refractivity (Wildman–Crippen MR) is 92.0 cm³/mol. The monoisotopic (exact) mass is 291 g/mol. The van der Waals surface area contributed by atoms with Gasteiger partial charge < -0.3 is 10.4 Å². The number of benzene rings is 3. The quantitative estimate of drug-likeness (QED) is 0.748. The topological polar surface area (TPSA) is 32.3 Å². The smallest absolute Gasteiger partial charge is 0.0518 e. The van der Waals surface area contributed by atoms with Gasteiger partial charge in [-0.15, -0.1) is 0 Å². The van der Waals surface area contributed by atoms with Crippen LogP contribution in [0.3, 0.4) is 0 Å². The minimum Gasteiger partial charge on any atom is -0.396 e. The van der Waals surface area contributed by atoms with E-state index in [0.717, 1.165) is 5.56 Å². The second-order valence-electron chi connectivity index (χ2n) is 5.53. The van der Waals surface area contributed by atoms with Crippen LogP contribution >= 0.6 is 0 Å². The van der Waals surface area contributed by atoms with Gasteiger partial charge in [-0.25, -0.2) is 0 Å². The first-order valence-electron chi connectivity index (χ1n) is 7.66. The largest absolute Gasteiger partial charge is 0.396 e. The molecule has 3 rings (SSSR count). The molecule has 0 radical (unpaired) electrons. The van der Waals surface area contributed by atoms with Gasteiger partial charge in [0.25, 0.3) is 0 Å². The minimum atomic E-state index is 0.0250. The Kier molecular flexibility index (Phi) is 4.52. The molecule has 2 heteroatoms. The molecule has 112 valence electrons. The van der Waals surface area contributed by atoms with E-state index in [2.05, 4.69) is 59.9 Å². The molecule has 0 aliphatic rings. The summed E-state index contributed by atoms with van der Waals surface area (Å²) in [6.07, 6.45) is 0. The van der Waals surface area contributed by atoms with Crippen molar-refractivity contribution in [2.24, 2.45) is 0 Å². The Balaban J connectivity index is 2.09. The summed E-state index contributed by atoms with van der Waals surface area (Å²) in [4.78, 5) is 0. The zero-order chi connectivity index (χ0) is 15.4. The molecule has 0 amide bonds. The lowest BCUT2D eigenvalue weighted by molar-refractivity contribution is 0.239. The number of rotatable bonds is 5. The lowest BCUT2D eigenvalue weighted by Crippen LogP contribution is -2.26. The maximum Gasteiger partial charge on any atom is 0.0518 e. The predicted octanol–water partition coefficient (Wildman–Crippen LogP) is 3.88. The number of likely N-dealkylation sites (N-methyl/N-ethyl adjacent to an activating group) is 1. The number of nitrogens with one attached hydrogen (secondary N) is 1. The van der Waals surface area contributed by atoms with Gasteiger partial charge >= 0.3 is 0 Å². The summed E-state index contributed by atoms with van der Waals surface area (Å²) in [6.45, 7) is 0.110. The molecule has 0 aliphatic heterocycles. The first-order valence-corrected chi connectivity index (χ1v) is 7.66. The summed E-state index contributed by atoms with van der Waals surface area (Å²) in [5.41, 5.74) is 2.38. The van der Waals surface area contributed by atoms with Crippen molar-refractivity contribution in [3.63, 3.8) is 0 Å². The molecule has 22 heavy (non-hydrogen) atoms. The fraction of sp³-hybridized carbons (Fsp3) is 0.200. The van der Waals surface area contributed by atoms with Gasteiger partial charge in [0.15, 0.2) is 0 Å². The fourth-order valence-electron chi connectivity index (χ4n) is 3.20. The third-order valence-electron chi connectivity index (χ3n) is 4.30. The number of hydrogen-bond donors (Lipinski definition) is 2. The van der Waals surface area contributed by atoms with Crippen molar-refractivity contribution in [3.8, 4) is 0 Å². The van der Waals surface area contributed by atoms with Crippen LogP contribution in [0.2, 0.25) is 0 Å². The minimum absolute atomic E-state index is 0.0250. The molecule has 2 unspecified atom stereocenters. The third kappa shape index (κ3) is 2.76. The average molecular weight is 291 g/mol. The van der Waals surface area contributed by atoms with Crippen molar-refractivity contribution < 1.29 is 5.11 Å². The highest BCUT2D eigenvalue weighted by Crippen LogP contribution is 2.34. The summed E-state index contributed by atoms with van der Waals surface area (Å²) < 4.78 is 0. The molecule has 0 bridgehead atoms. The van der Waals surface area contributed by atoms with Crippen molar-refractivity contribution in [1.29, 1.82) is 0 Å². The van der Waals surface area contributed by atoms with Crippen molar-refractivity contribution in [2.75, 3.05) is 13.7 Å². The van der Waals surface area contributed by atoms with E-state index < -0.39 is 0 Å². The highest BCUT2D eigenvalue weighted by atomic mass is 16.3. The third-order valence-corrected chi connectivity index (χ3v) is 4.30. The van der Waals surface area contributed by atoms with Gasteiger partial charge in [-0.2, -0.15) is 0 Å². The highest BCUT2D eigenvalue weighted by Gasteiger charge is 2.24. The van der Waals surface area contributed by atoms with Crippen LogP contribution < -0.4 is 5.32 Å². The van der Waals surface area contributed by atoms with Crippen molar-refractivity contribution in [3.05, 3.63) is 83.9 Å². The van der Waals surface area contributed by atoms with Gasteiger partial charge in [0.05, 0.1) is 6.61 Å². The molecule has 3 aromatic rings. The standard InChI is InChI=1S/C20H21NO/c1-21-20(19(14-22)16-8-3-2-4-9-16)18-13-7-11-15-10-5-6-12-17(15)18/h2-13,19-22H,14H2,1H3. The lowest BCUT2D eigenvalue weighted by Gasteiger charge is -2.27. The van der Waals surface area contributed by atoms with E-state index in [1.807, 2.05) is 25.2 Å². The zero-order valence-electron chi connectivity index (χ0n) is 12.7. The molecule has 3 aromatic carbocycles. The number of aliphatic hydroxyl groups excluding tert-OH is 1. The fourth-order valence-corrected chi connectivity index (χ4v) is 3.20. The summed E-state index contributed by atoms with van der Waals surface area (Å²) >= 11 is 0. The van der Waals surface area contributed by atoms with E-state index >= 15 is 0 Å². The van der Waals surface area contributed by atoms with E-state index in [1.54, 1.807) is 0 Å². The Hall–Kier alpha value is -2.16. The molecule has 0 saturated carbocycles. The summed E-state index contributed by atoms with van der Waals surface area (Å²) in [7, 11) is 1.96. The Morgan fingerprint density at radius 2 is 1.55 bits per heavy atom. The molecule has 0 fully saturated rings. The molecule has 2 N–H and O–H groups in total. The molecule has 0 heterocycles. The van der Waals surface area contributed by atoms with Crippen LogP contribution in [0.25, 0.3) is 10.8 Å². The van der Waals surface area contributed by atoms with Crippen molar-refractivity contribution >= 4 is 10.8 Å². The molecule has 0 spiro atoms. The summed E-state index contributed by atoms with van der Waals surface area (Å²) in [5.74, 6) is 0.0250. The maximum absolute atomic E-state index is 9.97. The van der Waals surface area contributed by atoms with Gasteiger partial charge in [0, 0.05) is 12.0 Å². The first-order chi connectivity index (χ1) is 10.8. The molecular formula is C20H21NO. The number of fused-ring (bicyclic) bond motifs is 1. The van der Waals surface area contributed by atoms with Gasteiger partial charge in [-0.05, 0) is 28.9 Å². The lowest BCUT2D eigenvalue weighted by atomic mass is 9.85. The van der Waals surface area contributed by atoms with E-state index in [1.165, 1.54) is 16.3 Å². The second-order valence-corrected chi connectivity index (χ2v) is 5.53. The number of aliphatic hydroxyl groups is 1. The van der Waals surface area contributed by atoms with Crippen LogP contribution in [0.1, 0.15) is 23.1 Å². The zero-order valence-corrected chi connectivity index (χ0v) is 12.7.